The minimum Gasteiger partial charge on any atom is -0.466 e. The molecule has 0 N–H and O–H groups in total. The highest BCUT2D eigenvalue weighted by atomic mass is 79.9. The Bertz CT molecular complexity index is 204. The van der Waals surface area contributed by atoms with Gasteiger partial charge in [-0.3, -0.25) is 0 Å². The van der Waals surface area contributed by atoms with Gasteiger partial charge in [-0.05, 0) is 30.5 Å². The van der Waals surface area contributed by atoms with Crippen LogP contribution in [0.3, 0.4) is 0 Å². The van der Waals surface area contributed by atoms with Gasteiger partial charge in [-0.25, -0.2) is 4.79 Å². The van der Waals surface area contributed by atoms with Crippen molar-refractivity contribution < 1.29 is 9.53 Å². The molecule has 0 heterocycles. The van der Waals surface area contributed by atoms with E-state index in [1.54, 1.807) is 18.0 Å². The van der Waals surface area contributed by atoms with Crippen LogP contribution in [0.15, 0.2) is 22.2 Å². The molecule has 0 spiro atoms. The summed E-state index contributed by atoms with van der Waals surface area (Å²) in [6.45, 7) is 3.60. The SMILES string of the molecule is COC(=O)/C(C)=C/C(C)=C\Br. The molecule has 0 radical (unpaired) electrons. The van der Waals surface area contributed by atoms with E-state index in [9.17, 15) is 4.79 Å². The molecular weight excluding hydrogens is 208 g/mol. The third-order valence-corrected chi connectivity index (χ3v) is 1.85. The predicted octanol–water partition coefficient (Wildman–Crippen LogP) is 2.40. The Morgan fingerprint density at radius 1 is 1.45 bits per heavy atom. The van der Waals surface area contributed by atoms with Gasteiger partial charge in [-0.1, -0.05) is 15.9 Å². The molecule has 0 atom stereocenters. The number of halogens is 1. The molecule has 0 aromatic heterocycles. The van der Waals surface area contributed by atoms with E-state index >= 15 is 0 Å². The van der Waals surface area contributed by atoms with Crippen molar-refractivity contribution in [3.63, 3.8) is 0 Å². The maximum Gasteiger partial charge on any atom is 0.333 e. The van der Waals surface area contributed by atoms with Crippen molar-refractivity contribution in [2.75, 3.05) is 7.11 Å². The molecule has 0 saturated heterocycles. The average Bonchev–Trinajstić information content (AvgIpc) is 2.02. The molecular formula is C8H11BrO2. The van der Waals surface area contributed by atoms with E-state index in [4.69, 9.17) is 0 Å². The Morgan fingerprint density at radius 3 is 2.36 bits per heavy atom. The van der Waals surface area contributed by atoms with Crippen LogP contribution < -0.4 is 0 Å². The van der Waals surface area contributed by atoms with Gasteiger partial charge in [0.2, 0.25) is 0 Å². The van der Waals surface area contributed by atoms with Crippen LogP contribution in [0.1, 0.15) is 13.8 Å². The highest BCUT2D eigenvalue weighted by Crippen LogP contribution is 2.04. The highest BCUT2D eigenvalue weighted by Gasteiger charge is 2.01. The number of allylic oxidation sites excluding steroid dienone is 2. The zero-order valence-electron chi connectivity index (χ0n) is 6.85. The van der Waals surface area contributed by atoms with Crippen molar-refractivity contribution in [3.8, 4) is 0 Å². The molecule has 3 heteroatoms. The fourth-order valence-corrected chi connectivity index (χ4v) is 0.725. The van der Waals surface area contributed by atoms with Gasteiger partial charge < -0.3 is 4.74 Å². The van der Waals surface area contributed by atoms with Crippen molar-refractivity contribution >= 4 is 21.9 Å². The Labute approximate surface area is 75.1 Å². The molecule has 0 bridgehead atoms. The van der Waals surface area contributed by atoms with Crippen molar-refractivity contribution in [1.82, 2.24) is 0 Å². The van der Waals surface area contributed by atoms with Gasteiger partial charge >= 0.3 is 5.97 Å². The lowest BCUT2D eigenvalue weighted by Crippen LogP contribution is -2.01. The second-order valence-corrected chi connectivity index (χ2v) is 2.63. The number of esters is 1. The summed E-state index contributed by atoms with van der Waals surface area (Å²) in [4.78, 5) is 12.6. The van der Waals surface area contributed by atoms with Crippen LogP contribution in [0.2, 0.25) is 0 Å². The topological polar surface area (TPSA) is 26.3 Å². The minimum absolute atomic E-state index is 0.293. The predicted molar refractivity (Wildman–Crippen MR) is 48.5 cm³/mol. The molecule has 0 aliphatic rings. The molecule has 0 saturated carbocycles. The maximum absolute atomic E-state index is 10.8. The van der Waals surface area contributed by atoms with Crippen molar-refractivity contribution in [1.29, 1.82) is 0 Å². The monoisotopic (exact) mass is 218 g/mol. The molecule has 0 aliphatic heterocycles. The largest absolute Gasteiger partial charge is 0.466 e. The summed E-state index contributed by atoms with van der Waals surface area (Å²) in [5.41, 5.74) is 1.58. The van der Waals surface area contributed by atoms with Crippen LogP contribution in [0.5, 0.6) is 0 Å². The molecule has 0 aromatic rings. The van der Waals surface area contributed by atoms with Crippen LogP contribution in [0.4, 0.5) is 0 Å². The van der Waals surface area contributed by atoms with E-state index in [0.717, 1.165) is 5.57 Å². The smallest absolute Gasteiger partial charge is 0.333 e. The van der Waals surface area contributed by atoms with Crippen LogP contribution in [-0.4, -0.2) is 13.1 Å². The first kappa shape index (κ1) is 10.4. The number of carbonyl (C=O) groups excluding carboxylic acids is 1. The lowest BCUT2D eigenvalue weighted by molar-refractivity contribution is -0.136. The number of hydrogen-bond donors (Lipinski definition) is 0. The number of hydrogen-bond acceptors (Lipinski definition) is 2. The summed E-state index contributed by atoms with van der Waals surface area (Å²) in [6, 6.07) is 0. The summed E-state index contributed by atoms with van der Waals surface area (Å²) in [5, 5.41) is 0. The molecule has 0 aromatic carbocycles. The first-order chi connectivity index (χ1) is 5.11. The van der Waals surface area contributed by atoms with E-state index in [2.05, 4.69) is 20.7 Å². The number of methoxy groups -OCH3 is 1. The van der Waals surface area contributed by atoms with E-state index in [1.807, 2.05) is 6.92 Å². The third-order valence-electron chi connectivity index (χ3n) is 1.12. The molecule has 2 nitrogen and oxygen atoms in total. The zero-order valence-corrected chi connectivity index (χ0v) is 8.44. The number of ether oxygens (including phenoxy) is 1. The van der Waals surface area contributed by atoms with Gasteiger partial charge in [-0.15, -0.1) is 0 Å². The van der Waals surface area contributed by atoms with Crippen LogP contribution in [0, 0.1) is 0 Å². The van der Waals surface area contributed by atoms with E-state index in [-0.39, 0.29) is 5.97 Å². The van der Waals surface area contributed by atoms with Crippen LogP contribution >= 0.6 is 15.9 Å². The highest BCUT2D eigenvalue weighted by molar-refractivity contribution is 9.11. The van der Waals surface area contributed by atoms with Gasteiger partial charge in [0.15, 0.2) is 0 Å². The zero-order chi connectivity index (χ0) is 8.85. The molecule has 0 aliphatic carbocycles. The first-order valence-electron chi connectivity index (χ1n) is 3.15. The molecule has 62 valence electrons. The van der Waals surface area contributed by atoms with Gasteiger partial charge in [0.25, 0.3) is 0 Å². The van der Waals surface area contributed by atoms with E-state index < -0.39 is 0 Å². The van der Waals surface area contributed by atoms with Crippen molar-refractivity contribution in [2.45, 2.75) is 13.8 Å². The van der Waals surface area contributed by atoms with Gasteiger partial charge in [0.05, 0.1) is 7.11 Å². The van der Waals surface area contributed by atoms with Crippen molar-refractivity contribution in [3.05, 3.63) is 22.2 Å². The van der Waals surface area contributed by atoms with Crippen molar-refractivity contribution in [2.24, 2.45) is 0 Å². The third kappa shape index (κ3) is 3.98. The van der Waals surface area contributed by atoms with Gasteiger partial charge in [0.1, 0.15) is 0 Å². The number of rotatable bonds is 2. The lowest BCUT2D eigenvalue weighted by atomic mass is 10.2. The summed E-state index contributed by atoms with van der Waals surface area (Å²) in [7, 11) is 1.37. The summed E-state index contributed by atoms with van der Waals surface area (Å²) >= 11 is 3.16. The molecule has 11 heavy (non-hydrogen) atoms. The molecule has 0 fully saturated rings. The summed E-state index contributed by atoms with van der Waals surface area (Å²) in [5.74, 6) is -0.293. The van der Waals surface area contributed by atoms with Gasteiger partial charge in [-0.2, -0.15) is 0 Å². The first-order valence-corrected chi connectivity index (χ1v) is 4.07. The van der Waals surface area contributed by atoms with E-state index in [1.165, 1.54) is 7.11 Å². The Balaban J connectivity index is 4.34. The molecule has 0 rings (SSSR count). The van der Waals surface area contributed by atoms with Gasteiger partial charge in [0, 0.05) is 5.57 Å². The molecule has 0 unspecified atom stereocenters. The Hall–Kier alpha value is -0.570. The standard InChI is InChI=1S/C8H11BrO2/c1-6(5-9)4-7(2)8(10)11-3/h4-5H,1-3H3/b6-5-,7-4+. The Morgan fingerprint density at radius 2 is 2.00 bits per heavy atom. The van der Waals surface area contributed by atoms with Crippen LogP contribution in [-0.2, 0) is 9.53 Å². The quantitative estimate of drug-likeness (QED) is 0.405. The fraction of sp³-hybridized carbons (Fsp3) is 0.375. The van der Waals surface area contributed by atoms with Crippen LogP contribution in [0.25, 0.3) is 0 Å². The minimum atomic E-state index is -0.293. The molecule has 0 amide bonds. The lowest BCUT2D eigenvalue weighted by Gasteiger charge is -1.97. The Kier molecular flexibility index (Phi) is 4.86. The summed E-state index contributed by atoms with van der Waals surface area (Å²) in [6.07, 6.45) is 1.75. The second kappa shape index (κ2) is 5.13. The number of carbonyl (C=O) groups is 1. The fourth-order valence-electron chi connectivity index (χ4n) is 0.593. The normalized spacial score (nSPS) is 13.1. The van der Waals surface area contributed by atoms with E-state index in [0.29, 0.717) is 5.57 Å². The summed E-state index contributed by atoms with van der Waals surface area (Å²) < 4.78 is 4.51. The maximum atomic E-state index is 10.8. The average molecular weight is 219 g/mol. The second-order valence-electron chi connectivity index (χ2n) is 2.17.